The Morgan fingerprint density at radius 2 is 1.97 bits per heavy atom. The zero-order valence-electron chi connectivity index (χ0n) is 21.8. The number of guanidine groups is 2. The van der Waals surface area contributed by atoms with Crippen LogP contribution in [0.5, 0.6) is 5.75 Å². The molecular weight excluding hydrogens is 508 g/mol. The Kier molecular flexibility index (Phi) is 5.40. The van der Waals surface area contributed by atoms with Crippen molar-refractivity contribution in [1.29, 1.82) is 0 Å². The summed E-state index contributed by atoms with van der Waals surface area (Å²) in [5.41, 5.74) is 11.8. The van der Waals surface area contributed by atoms with E-state index in [1.807, 2.05) is 6.07 Å². The van der Waals surface area contributed by atoms with Gasteiger partial charge in [-0.15, -0.1) is 0 Å². The number of likely N-dealkylation sites (tertiary alicyclic amines) is 1. The number of imide groups is 1. The van der Waals surface area contributed by atoms with Gasteiger partial charge in [0.2, 0.25) is 11.8 Å². The van der Waals surface area contributed by atoms with Crippen LogP contribution < -0.4 is 37.1 Å². The number of rotatable bonds is 4. The molecule has 5 aliphatic heterocycles. The number of hydrogen-bond acceptors (Lipinski definition) is 10. The Balaban J connectivity index is 1.32. The maximum absolute atomic E-state index is 13.5. The second kappa shape index (κ2) is 8.29. The van der Waals surface area contributed by atoms with Crippen LogP contribution in [0.2, 0.25) is 0 Å². The molecule has 3 amide bonds. The number of amides is 3. The number of nitrogens with one attached hydrogen (secondary N) is 4. The number of carbonyl (C=O) groups excluding carboxylic acids is 3. The second-order valence-electron chi connectivity index (χ2n) is 11.5. The molecule has 1 aromatic rings. The number of nitrogens with two attached hydrogens (primary N) is 2. The number of ether oxygens (including phenoxy) is 1. The fourth-order valence-corrected chi connectivity index (χ4v) is 6.60. The van der Waals surface area contributed by atoms with Gasteiger partial charge in [-0.25, -0.2) is 9.89 Å². The maximum atomic E-state index is 13.5. The first-order chi connectivity index (χ1) is 18.4. The standard InChI is InChI=1S/C25H32N8O6/c1-23(2)8-9-39-18-12(4-3-5-13(18)23)20(36)29-15-11-33-22(27)28-14(10-32-16(34)6-7-17(32)35)19-24(33,25(15,37)38)31-21(26)30-19/h3-5,14-15,19,37-38H,6-11H2,1-2H3,(H6,26,27,28,29,30,31,36)/p+2/t14-,15?,19-,24-/m0/s1. The molecule has 6 rings (SSSR count). The van der Waals surface area contributed by atoms with E-state index >= 15 is 0 Å². The van der Waals surface area contributed by atoms with Crippen LogP contribution in [-0.4, -0.2) is 98.6 Å². The Morgan fingerprint density at radius 1 is 1.26 bits per heavy atom. The molecule has 1 unspecified atom stereocenters. The highest BCUT2D eigenvalue weighted by Gasteiger charge is 2.78. The van der Waals surface area contributed by atoms with Crippen molar-refractivity contribution in [2.24, 2.45) is 11.5 Å². The third kappa shape index (κ3) is 3.50. The topological polar surface area (TPSA) is 209 Å². The Hall–Kier alpha value is -3.91. The maximum Gasteiger partial charge on any atom is 0.347 e. The van der Waals surface area contributed by atoms with Gasteiger partial charge in [0.05, 0.1) is 25.3 Å². The summed E-state index contributed by atoms with van der Waals surface area (Å²) in [5.74, 6) is -3.15. The molecule has 0 bridgehead atoms. The number of benzene rings is 1. The summed E-state index contributed by atoms with van der Waals surface area (Å²) in [6.45, 7) is 4.49. The minimum atomic E-state index is -2.60. The zero-order chi connectivity index (χ0) is 27.9. The molecule has 0 saturated carbocycles. The van der Waals surface area contributed by atoms with E-state index in [1.54, 1.807) is 12.1 Å². The van der Waals surface area contributed by atoms with Gasteiger partial charge < -0.3 is 20.3 Å². The summed E-state index contributed by atoms with van der Waals surface area (Å²) < 4.78 is 7.38. The molecule has 2 saturated heterocycles. The van der Waals surface area contributed by atoms with E-state index in [1.165, 1.54) is 4.58 Å². The summed E-state index contributed by atoms with van der Waals surface area (Å²) >= 11 is 0. The number of para-hydroxylation sites is 1. The smallest absolute Gasteiger partial charge is 0.347 e. The van der Waals surface area contributed by atoms with Crippen LogP contribution in [0.25, 0.3) is 0 Å². The normalized spacial score (nSPS) is 31.9. The fourth-order valence-electron chi connectivity index (χ4n) is 6.60. The largest absolute Gasteiger partial charge is 0.492 e. The lowest BCUT2D eigenvalue weighted by Crippen LogP contribution is -2.92. The number of aliphatic hydroxyl groups is 2. The van der Waals surface area contributed by atoms with Crippen LogP contribution in [0.4, 0.5) is 0 Å². The molecule has 14 heteroatoms. The predicted molar refractivity (Wildman–Crippen MR) is 135 cm³/mol. The van der Waals surface area contributed by atoms with E-state index < -0.39 is 35.5 Å². The predicted octanol–water partition coefficient (Wildman–Crippen LogP) is -4.95. The highest BCUT2D eigenvalue weighted by Crippen LogP contribution is 2.41. The van der Waals surface area contributed by atoms with E-state index in [4.69, 9.17) is 16.2 Å². The van der Waals surface area contributed by atoms with Crippen molar-refractivity contribution in [3.8, 4) is 5.75 Å². The average molecular weight is 543 g/mol. The van der Waals surface area contributed by atoms with Gasteiger partial charge >= 0.3 is 11.9 Å². The van der Waals surface area contributed by atoms with Gasteiger partial charge in [0, 0.05) is 18.4 Å². The van der Waals surface area contributed by atoms with Crippen LogP contribution in [0.3, 0.4) is 0 Å². The molecule has 5 heterocycles. The molecular formula is C25H34N8O6+2. The lowest BCUT2D eigenvalue weighted by Gasteiger charge is -2.41. The molecule has 10 N–H and O–H groups in total. The van der Waals surface area contributed by atoms with Gasteiger partial charge in [0.25, 0.3) is 17.4 Å². The van der Waals surface area contributed by atoms with E-state index in [0.717, 1.165) is 16.9 Å². The molecule has 4 atom stereocenters. The molecule has 2 fully saturated rings. The van der Waals surface area contributed by atoms with Crippen LogP contribution in [0, 0.1) is 0 Å². The monoisotopic (exact) mass is 542 g/mol. The first-order valence-corrected chi connectivity index (χ1v) is 13.1. The first-order valence-electron chi connectivity index (χ1n) is 13.1. The van der Waals surface area contributed by atoms with Crippen LogP contribution in [0.15, 0.2) is 18.2 Å². The minimum Gasteiger partial charge on any atom is -0.492 e. The van der Waals surface area contributed by atoms with Crippen molar-refractivity contribution in [3.05, 3.63) is 29.3 Å². The minimum absolute atomic E-state index is 0.0535. The Bertz CT molecular complexity index is 1340. The summed E-state index contributed by atoms with van der Waals surface area (Å²) in [7, 11) is 0. The van der Waals surface area contributed by atoms with E-state index in [9.17, 15) is 24.6 Å². The SMILES string of the molecule is CC1(C)CCOc2c(C(=O)NC3C[N+]4=C(N)N[C@@H](CN5C(=O)CCC5=O)[C@@H]5[NH+]=C(N)N[C@@]54C3(O)O)cccc21. The highest BCUT2D eigenvalue weighted by atomic mass is 16.5. The second-order valence-corrected chi connectivity index (χ2v) is 11.5. The summed E-state index contributed by atoms with van der Waals surface area (Å²) in [6.07, 6.45) is 1.04. The van der Waals surface area contributed by atoms with Crippen molar-refractivity contribution < 1.29 is 38.9 Å². The highest BCUT2D eigenvalue weighted by molar-refractivity contribution is 6.02. The van der Waals surface area contributed by atoms with Crippen molar-refractivity contribution in [1.82, 2.24) is 20.9 Å². The Morgan fingerprint density at radius 3 is 2.69 bits per heavy atom. The molecule has 208 valence electrons. The van der Waals surface area contributed by atoms with Crippen LogP contribution in [0.1, 0.15) is 49.0 Å². The number of fused-ring (bicyclic) bond motifs is 1. The van der Waals surface area contributed by atoms with Crippen molar-refractivity contribution >= 4 is 29.6 Å². The van der Waals surface area contributed by atoms with Gasteiger partial charge in [-0.1, -0.05) is 26.0 Å². The van der Waals surface area contributed by atoms with Gasteiger partial charge in [0.1, 0.15) is 17.8 Å². The average Bonchev–Trinajstić information content (AvgIpc) is 3.46. The molecule has 1 aromatic carbocycles. The van der Waals surface area contributed by atoms with E-state index in [2.05, 4.69) is 34.8 Å². The van der Waals surface area contributed by atoms with Crippen LogP contribution in [-0.2, 0) is 15.0 Å². The van der Waals surface area contributed by atoms with Crippen LogP contribution >= 0.6 is 0 Å². The van der Waals surface area contributed by atoms with Gasteiger partial charge in [-0.3, -0.25) is 41.1 Å². The number of hydrogen-bond donors (Lipinski definition) is 8. The molecule has 0 aliphatic carbocycles. The molecule has 0 aromatic heterocycles. The molecule has 14 nitrogen and oxygen atoms in total. The fraction of sp³-hybridized carbons (Fsp3) is 0.560. The van der Waals surface area contributed by atoms with Gasteiger partial charge in [0.15, 0.2) is 6.04 Å². The summed E-state index contributed by atoms with van der Waals surface area (Å²) in [4.78, 5) is 42.3. The van der Waals surface area contributed by atoms with E-state index in [-0.39, 0.29) is 60.6 Å². The molecule has 39 heavy (non-hydrogen) atoms. The summed E-state index contributed by atoms with van der Waals surface area (Å²) in [6, 6.07) is 2.56. The third-order valence-electron chi connectivity index (χ3n) is 8.75. The number of carbonyl (C=O) groups is 3. The number of nitrogens with zero attached hydrogens (tertiary/aromatic N) is 2. The van der Waals surface area contributed by atoms with Gasteiger partial charge in [-0.2, -0.15) is 0 Å². The third-order valence-corrected chi connectivity index (χ3v) is 8.75. The molecule has 5 aliphatic rings. The van der Waals surface area contributed by atoms with E-state index in [0.29, 0.717) is 12.4 Å². The van der Waals surface area contributed by atoms with Gasteiger partial charge in [-0.05, 0) is 17.9 Å². The van der Waals surface area contributed by atoms with Crippen molar-refractivity contribution in [3.63, 3.8) is 0 Å². The molecule has 0 radical (unpaired) electrons. The van der Waals surface area contributed by atoms with Crippen molar-refractivity contribution in [2.45, 2.75) is 68.1 Å². The quantitative estimate of drug-likeness (QED) is 0.103. The lowest BCUT2D eigenvalue weighted by molar-refractivity contribution is -0.674. The molecule has 1 spiro atoms. The summed E-state index contributed by atoms with van der Waals surface area (Å²) in [5, 5.41) is 32.2. The zero-order valence-corrected chi connectivity index (χ0v) is 21.8. The lowest BCUT2D eigenvalue weighted by atomic mass is 9.79. The Labute approximate surface area is 224 Å². The van der Waals surface area contributed by atoms with Crippen molar-refractivity contribution in [2.75, 3.05) is 19.7 Å². The first kappa shape index (κ1) is 25.4.